The molecule has 0 aromatic rings. The lowest BCUT2D eigenvalue weighted by Gasteiger charge is -2.45. The number of nitrogens with one attached hydrogen (secondary N) is 1. The number of carbonyl (C=O) groups is 2. The van der Waals surface area contributed by atoms with Crippen molar-refractivity contribution >= 4 is 12.0 Å². The largest absolute Gasteiger partial charge is 0.446 e. The lowest BCUT2D eigenvalue weighted by molar-refractivity contribution is -0.134. The summed E-state index contributed by atoms with van der Waals surface area (Å²) in [6.45, 7) is 5.90. The van der Waals surface area contributed by atoms with Crippen LogP contribution in [0.15, 0.2) is 0 Å². The normalized spacial score (nSPS) is 35.3. The van der Waals surface area contributed by atoms with Gasteiger partial charge in [0, 0.05) is 31.5 Å². The van der Waals surface area contributed by atoms with Gasteiger partial charge in [0.15, 0.2) is 0 Å². The topological polar surface area (TPSA) is 58.6 Å². The maximum atomic E-state index is 12.4. The van der Waals surface area contributed by atoms with Crippen molar-refractivity contribution in [3.63, 3.8) is 0 Å². The molecule has 136 valence electrons. The van der Waals surface area contributed by atoms with Gasteiger partial charge in [0.1, 0.15) is 6.10 Å². The number of carbonyl (C=O) groups excluding carboxylic acids is 2. The molecule has 0 spiro atoms. The van der Waals surface area contributed by atoms with E-state index in [-0.39, 0.29) is 12.2 Å². The number of ether oxygens (including phenoxy) is 1. The molecule has 0 radical (unpaired) electrons. The predicted molar refractivity (Wildman–Crippen MR) is 92.5 cm³/mol. The van der Waals surface area contributed by atoms with Gasteiger partial charge in [-0.15, -0.1) is 0 Å². The molecule has 3 rings (SSSR count). The third kappa shape index (κ3) is 3.40. The van der Waals surface area contributed by atoms with Crippen LogP contribution in [0.4, 0.5) is 4.79 Å². The fourth-order valence-corrected chi connectivity index (χ4v) is 5.28. The molecule has 5 heteroatoms. The summed E-state index contributed by atoms with van der Waals surface area (Å²) in [6.07, 6.45) is 7.58. The molecule has 5 atom stereocenters. The summed E-state index contributed by atoms with van der Waals surface area (Å²) in [5, 5.41) is 2.88. The fraction of sp³-hybridized carbons (Fsp3) is 0.895. The number of hydrogen-bond acceptors (Lipinski definition) is 3. The zero-order valence-corrected chi connectivity index (χ0v) is 15.1. The van der Waals surface area contributed by atoms with Gasteiger partial charge in [0.2, 0.25) is 5.91 Å². The number of nitrogens with zero attached hydrogens (tertiary/aromatic N) is 1. The van der Waals surface area contributed by atoms with E-state index in [0.29, 0.717) is 42.7 Å². The van der Waals surface area contributed by atoms with Gasteiger partial charge < -0.3 is 15.0 Å². The zero-order valence-electron chi connectivity index (χ0n) is 15.1. The molecule has 2 amide bonds. The van der Waals surface area contributed by atoms with E-state index in [2.05, 4.69) is 24.1 Å². The molecule has 1 saturated carbocycles. The fourth-order valence-electron chi connectivity index (χ4n) is 5.28. The molecular weight excluding hydrogens is 304 g/mol. The van der Waals surface area contributed by atoms with Crippen LogP contribution in [0.25, 0.3) is 0 Å². The Kier molecular flexibility index (Phi) is 5.67. The number of hydrogen-bond donors (Lipinski definition) is 1. The van der Waals surface area contributed by atoms with E-state index in [4.69, 9.17) is 4.74 Å². The Bertz CT molecular complexity index is 468. The van der Waals surface area contributed by atoms with E-state index in [1.165, 1.54) is 0 Å². The van der Waals surface area contributed by atoms with Crippen LogP contribution in [0.2, 0.25) is 0 Å². The van der Waals surface area contributed by atoms with Crippen molar-refractivity contribution in [1.82, 2.24) is 10.2 Å². The Morgan fingerprint density at radius 1 is 1.33 bits per heavy atom. The first-order chi connectivity index (χ1) is 11.7. The van der Waals surface area contributed by atoms with Crippen molar-refractivity contribution in [3.05, 3.63) is 0 Å². The summed E-state index contributed by atoms with van der Waals surface area (Å²) < 4.78 is 5.86. The molecule has 2 heterocycles. The van der Waals surface area contributed by atoms with E-state index in [1.54, 1.807) is 0 Å². The highest BCUT2D eigenvalue weighted by atomic mass is 16.6. The van der Waals surface area contributed by atoms with Crippen LogP contribution in [-0.2, 0) is 9.53 Å². The van der Waals surface area contributed by atoms with Gasteiger partial charge in [0.25, 0.3) is 0 Å². The average molecular weight is 336 g/mol. The van der Waals surface area contributed by atoms with Gasteiger partial charge in [-0.3, -0.25) is 4.79 Å². The van der Waals surface area contributed by atoms with Crippen molar-refractivity contribution in [3.8, 4) is 0 Å². The zero-order chi connectivity index (χ0) is 17.1. The van der Waals surface area contributed by atoms with Gasteiger partial charge in [-0.25, -0.2) is 4.79 Å². The van der Waals surface area contributed by atoms with Crippen molar-refractivity contribution in [2.45, 2.75) is 77.4 Å². The van der Waals surface area contributed by atoms with E-state index in [0.717, 1.165) is 51.5 Å². The second-order valence-electron chi connectivity index (χ2n) is 7.71. The molecule has 0 unspecified atom stereocenters. The van der Waals surface area contributed by atoms with Gasteiger partial charge >= 0.3 is 6.09 Å². The third-order valence-electron chi connectivity index (χ3n) is 6.36. The SMILES string of the molecule is CCCCNC(=O)O[C@@H]1C[C@@H]2CCN3C(=O)CCC[C@H]([C@H]1CC)[C@H]23. The number of rotatable bonds is 5. The molecule has 2 aliphatic heterocycles. The van der Waals surface area contributed by atoms with E-state index in [9.17, 15) is 9.59 Å². The minimum atomic E-state index is -0.259. The van der Waals surface area contributed by atoms with Gasteiger partial charge in [0.05, 0.1) is 0 Å². The second-order valence-corrected chi connectivity index (χ2v) is 7.71. The van der Waals surface area contributed by atoms with Crippen LogP contribution >= 0.6 is 0 Å². The van der Waals surface area contributed by atoms with Crippen LogP contribution in [-0.4, -0.2) is 42.1 Å². The van der Waals surface area contributed by atoms with Gasteiger partial charge in [-0.2, -0.15) is 0 Å². The minimum Gasteiger partial charge on any atom is -0.446 e. The van der Waals surface area contributed by atoms with Crippen molar-refractivity contribution < 1.29 is 14.3 Å². The summed E-state index contributed by atoms with van der Waals surface area (Å²) in [5.41, 5.74) is 0. The van der Waals surface area contributed by atoms with Crippen LogP contribution in [0, 0.1) is 17.8 Å². The highest BCUT2D eigenvalue weighted by Crippen LogP contribution is 2.48. The number of amides is 2. The molecule has 3 fully saturated rings. The molecule has 0 aromatic carbocycles. The van der Waals surface area contributed by atoms with Crippen LogP contribution in [0.1, 0.15) is 65.2 Å². The molecule has 3 aliphatic rings. The highest BCUT2D eigenvalue weighted by Gasteiger charge is 2.52. The summed E-state index contributed by atoms with van der Waals surface area (Å²) in [5.74, 6) is 1.73. The Balaban J connectivity index is 1.69. The van der Waals surface area contributed by atoms with Crippen LogP contribution in [0.3, 0.4) is 0 Å². The monoisotopic (exact) mass is 336 g/mol. The quantitative estimate of drug-likeness (QED) is 0.784. The second kappa shape index (κ2) is 7.75. The first-order valence-corrected chi connectivity index (χ1v) is 9.89. The molecule has 1 N–H and O–H groups in total. The van der Waals surface area contributed by atoms with Crippen LogP contribution in [0.5, 0.6) is 0 Å². The van der Waals surface area contributed by atoms with Crippen molar-refractivity contribution in [2.75, 3.05) is 13.1 Å². The summed E-state index contributed by atoms with van der Waals surface area (Å²) >= 11 is 0. The maximum absolute atomic E-state index is 12.4. The average Bonchev–Trinajstić information content (AvgIpc) is 2.90. The maximum Gasteiger partial charge on any atom is 0.407 e. The van der Waals surface area contributed by atoms with Crippen molar-refractivity contribution in [2.24, 2.45) is 17.8 Å². The predicted octanol–water partition coefficient (Wildman–Crippen LogP) is 3.33. The van der Waals surface area contributed by atoms with E-state index >= 15 is 0 Å². The van der Waals surface area contributed by atoms with Gasteiger partial charge in [-0.05, 0) is 50.4 Å². The summed E-state index contributed by atoms with van der Waals surface area (Å²) in [4.78, 5) is 26.6. The number of unbranched alkanes of at least 4 members (excludes halogenated alkanes) is 1. The molecule has 0 bridgehead atoms. The first-order valence-electron chi connectivity index (χ1n) is 9.89. The van der Waals surface area contributed by atoms with Crippen molar-refractivity contribution in [1.29, 1.82) is 0 Å². The Hall–Kier alpha value is -1.26. The van der Waals surface area contributed by atoms with Crippen LogP contribution < -0.4 is 5.32 Å². The lowest BCUT2D eigenvalue weighted by Crippen LogP contribution is -2.51. The Labute approximate surface area is 145 Å². The molecule has 5 nitrogen and oxygen atoms in total. The Morgan fingerprint density at radius 3 is 2.92 bits per heavy atom. The molecule has 2 saturated heterocycles. The number of alkyl carbamates (subject to hydrolysis) is 1. The third-order valence-corrected chi connectivity index (χ3v) is 6.36. The smallest absolute Gasteiger partial charge is 0.407 e. The molecular formula is C19H32N2O3. The van der Waals surface area contributed by atoms with E-state index in [1.807, 2.05) is 0 Å². The molecule has 1 aliphatic carbocycles. The lowest BCUT2D eigenvalue weighted by atomic mass is 9.67. The van der Waals surface area contributed by atoms with E-state index < -0.39 is 0 Å². The standard InChI is InChI=1S/C19H32N2O3/c1-3-5-10-20-19(23)24-16-12-13-9-11-21-17(22)8-6-7-15(18(13)21)14(16)4-2/h13-16,18H,3-12H2,1-2H3,(H,20,23)/t13-,14+,15+,16+,18-/m0/s1. The molecule has 0 aromatic heterocycles. The minimum absolute atomic E-state index is 0.0102. The Morgan fingerprint density at radius 2 is 2.17 bits per heavy atom. The molecule has 24 heavy (non-hydrogen) atoms. The highest BCUT2D eigenvalue weighted by molar-refractivity contribution is 5.77. The first kappa shape index (κ1) is 17.6. The summed E-state index contributed by atoms with van der Waals surface area (Å²) in [7, 11) is 0. The van der Waals surface area contributed by atoms with Gasteiger partial charge in [-0.1, -0.05) is 20.3 Å². The summed E-state index contributed by atoms with van der Waals surface area (Å²) in [6, 6.07) is 0.396.